The summed E-state index contributed by atoms with van der Waals surface area (Å²) in [5, 5.41) is 7.43. The summed E-state index contributed by atoms with van der Waals surface area (Å²) in [5.74, 6) is 0. The molecule has 1 unspecified atom stereocenters. The van der Waals surface area contributed by atoms with Crippen molar-refractivity contribution >= 4 is 25.8 Å². The van der Waals surface area contributed by atoms with Crippen molar-refractivity contribution in [2.45, 2.75) is 44.5 Å². The van der Waals surface area contributed by atoms with Gasteiger partial charge in [0, 0.05) is 12.3 Å². The molecular formula is C12H22BrN3O2S. The largest absolute Gasteiger partial charge is 0.310 e. The summed E-state index contributed by atoms with van der Waals surface area (Å²) in [6, 6.07) is -0.186. The smallest absolute Gasteiger partial charge is 0.154 e. The predicted molar refractivity (Wildman–Crippen MR) is 81.0 cm³/mol. The van der Waals surface area contributed by atoms with E-state index < -0.39 is 14.6 Å². The second-order valence-corrected chi connectivity index (χ2v) is 8.96. The highest BCUT2D eigenvalue weighted by atomic mass is 79.9. The maximum atomic E-state index is 12.1. The van der Waals surface area contributed by atoms with E-state index in [1.807, 2.05) is 18.5 Å². The van der Waals surface area contributed by atoms with Gasteiger partial charge in [0.25, 0.3) is 0 Å². The molecule has 0 aliphatic heterocycles. The van der Waals surface area contributed by atoms with Crippen LogP contribution in [0, 0.1) is 0 Å². The van der Waals surface area contributed by atoms with Gasteiger partial charge in [0.15, 0.2) is 9.84 Å². The molecule has 1 heterocycles. The quantitative estimate of drug-likeness (QED) is 0.883. The molecule has 110 valence electrons. The molecule has 19 heavy (non-hydrogen) atoms. The number of nitrogens with zero attached hydrogens (tertiary/aromatic N) is 2. The minimum Gasteiger partial charge on any atom is -0.310 e. The summed E-state index contributed by atoms with van der Waals surface area (Å²) in [5.41, 5.74) is 0.855. The molecule has 0 aliphatic rings. The average Bonchev–Trinajstić information content (AvgIpc) is 2.60. The first-order valence-electron chi connectivity index (χ1n) is 6.13. The summed E-state index contributed by atoms with van der Waals surface area (Å²) >= 11 is 3.47. The Morgan fingerprint density at radius 2 is 1.95 bits per heavy atom. The third-order valence-corrected chi connectivity index (χ3v) is 6.25. The van der Waals surface area contributed by atoms with Crippen molar-refractivity contribution in [3.05, 3.63) is 16.4 Å². The lowest BCUT2D eigenvalue weighted by Crippen LogP contribution is -2.45. The number of halogens is 1. The van der Waals surface area contributed by atoms with Gasteiger partial charge >= 0.3 is 0 Å². The van der Waals surface area contributed by atoms with Gasteiger partial charge in [-0.05, 0) is 50.7 Å². The fourth-order valence-electron chi connectivity index (χ4n) is 2.06. The molecule has 1 N–H and O–H groups in total. The van der Waals surface area contributed by atoms with Crippen molar-refractivity contribution in [3.8, 4) is 0 Å². The van der Waals surface area contributed by atoms with Crippen LogP contribution in [0.3, 0.4) is 0 Å². The zero-order valence-corrected chi connectivity index (χ0v) is 14.6. The Bertz CT molecular complexity index is 549. The van der Waals surface area contributed by atoms with Crippen LogP contribution in [0.4, 0.5) is 0 Å². The van der Waals surface area contributed by atoms with Crippen LogP contribution in [-0.2, 0) is 9.84 Å². The molecule has 0 radical (unpaired) electrons. The highest BCUT2D eigenvalue weighted by Gasteiger charge is 2.41. The first-order chi connectivity index (χ1) is 8.54. The molecule has 0 saturated carbocycles. The summed E-state index contributed by atoms with van der Waals surface area (Å²) in [6.45, 7) is 7.49. The summed E-state index contributed by atoms with van der Waals surface area (Å²) in [4.78, 5) is 0. The first-order valence-corrected chi connectivity index (χ1v) is 8.82. The van der Waals surface area contributed by atoms with Gasteiger partial charge in [-0.25, -0.2) is 8.42 Å². The van der Waals surface area contributed by atoms with E-state index in [0.717, 1.165) is 10.2 Å². The molecule has 0 bridgehead atoms. The molecule has 0 amide bonds. The van der Waals surface area contributed by atoms with E-state index >= 15 is 0 Å². The topological polar surface area (TPSA) is 64.0 Å². The van der Waals surface area contributed by atoms with E-state index in [1.165, 1.54) is 6.26 Å². The van der Waals surface area contributed by atoms with Crippen molar-refractivity contribution in [2.24, 2.45) is 0 Å². The van der Waals surface area contributed by atoms with Gasteiger partial charge in [0.2, 0.25) is 0 Å². The predicted octanol–water partition coefficient (Wildman–Crippen LogP) is 2.31. The number of sulfone groups is 1. The minimum absolute atomic E-state index is 0.160. The highest BCUT2D eigenvalue weighted by Crippen LogP contribution is 2.36. The molecule has 0 fully saturated rings. The molecule has 0 spiro atoms. The maximum Gasteiger partial charge on any atom is 0.154 e. The second kappa shape index (κ2) is 5.54. The van der Waals surface area contributed by atoms with Crippen molar-refractivity contribution in [1.82, 2.24) is 15.1 Å². The van der Waals surface area contributed by atoms with E-state index in [9.17, 15) is 8.42 Å². The maximum absolute atomic E-state index is 12.1. The third-order valence-electron chi connectivity index (χ3n) is 3.49. The molecule has 0 saturated heterocycles. The van der Waals surface area contributed by atoms with Gasteiger partial charge < -0.3 is 5.32 Å². The number of nitrogens with one attached hydrogen (secondary N) is 1. The monoisotopic (exact) mass is 351 g/mol. The molecule has 0 aliphatic carbocycles. The second-order valence-electron chi connectivity index (χ2n) is 5.51. The molecule has 1 aromatic rings. The van der Waals surface area contributed by atoms with E-state index in [-0.39, 0.29) is 12.1 Å². The summed E-state index contributed by atoms with van der Waals surface area (Å²) < 4.78 is 25.8. The molecule has 5 nitrogen and oxygen atoms in total. The fourth-order valence-corrected chi connectivity index (χ4v) is 3.22. The van der Waals surface area contributed by atoms with E-state index in [4.69, 9.17) is 0 Å². The van der Waals surface area contributed by atoms with Gasteiger partial charge in [-0.3, -0.25) is 4.68 Å². The SMILES string of the molecule is CNC(c1c(Br)cnn1C(C)C)C(C)(C)S(C)(=O)=O. The van der Waals surface area contributed by atoms with E-state index in [2.05, 4.69) is 26.3 Å². The van der Waals surface area contributed by atoms with Crippen LogP contribution in [0.25, 0.3) is 0 Å². The Morgan fingerprint density at radius 3 is 2.32 bits per heavy atom. The minimum atomic E-state index is -3.22. The highest BCUT2D eigenvalue weighted by molar-refractivity contribution is 9.10. The Balaban J connectivity index is 3.45. The Morgan fingerprint density at radius 1 is 1.42 bits per heavy atom. The third kappa shape index (κ3) is 3.03. The molecule has 7 heteroatoms. The lowest BCUT2D eigenvalue weighted by Gasteiger charge is -2.33. The standard InChI is InChI=1S/C12H22BrN3O2S/c1-8(2)16-10(9(13)7-15-16)11(14-5)12(3,4)19(6,17)18/h7-8,11,14H,1-6H3. The van der Waals surface area contributed by atoms with Crippen molar-refractivity contribution in [3.63, 3.8) is 0 Å². The Kier molecular flexibility index (Phi) is 4.85. The lowest BCUT2D eigenvalue weighted by atomic mass is 9.99. The van der Waals surface area contributed by atoms with Gasteiger partial charge in [0.1, 0.15) is 0 Å². The zero-order valence-electron chi connectivity index (χ0n) is 12.2. The Hall–Kier alpha value is -0.400. The van der Waals surface area contributed by atoms with Crippen LogP contribution in [0.2, 0.25) is 0 Å². The Labute approximate surface area is 123 Å². The zero-order chi connectivity index (χ0) is 15.0. The van der Waals surface area contributed by atoms with Crippen LogP contribution < -0.4 is 5.32 Å². The number of rotatable bonds is 5. The van der Waals surface area contributed by atoms with Gasteiger partial charge in [-0.1, -0.05) is 0 Å². The number of hydrogen-bond acceptors (Lipinski definition) is 4. The number of hydrogen-bond donors (Lipinski definition) is 1. The van der Waals surface area contributed by atoms with Gasteiger partial charge in [0.05, 0.1) is 27.2 Å². The lowest BCUT2D eigenvalue weighted by molar-refractivity contribution is 0.397. The van der Waals surface area contributed by atoms with Crippen LogP contribution in [0.5, 0.6) is 0 Å². The molecule has 0 aromatic carbocycles. The molecule has 1 rings (SSSR count). The normalized spacial score (nSPS) is 14.9. The molecule has 1 atom stereocenters. The van der Waals surface area contributed by atoms with Gasteiger partial charge in [-0.15, -0.1) is 0 Å². The van der Waals surface area contributed by atoms with Crippen molar-refractivity contribution in [1.29, 1.82) is 0 Å². The van der Waals surface area contributed by atoms with E-state index in [1.54, 1.807) is 27.1 Å². The van der Waals surface area contributed by atoms with Crippen molar-refractivity contribution < 1.29 is 8.42 Å². The fraction of sp³-hybridized carbons (Fsp3) is 0.750. The first kappa shape index (κ1) is 16.7. The average molecular weight is 352 g/mol. The van der Waals surface area contributed by atoms with Crippen LogP contribution >= 0.6 is 15.9 Å². The van der Waals surface area contributed by atoms with Gasteiger partial charge in [-0.2, -0.15) is 5.10 Å². The summed E-state index contributed by atoms with van der Waals surface area (Å²) in [7, 11) is -1.46. The number of aromatic nitrogens is 2. The van der Waals surface area contributed by atoms with Crippen LogP contribution in [0.15, 0.2) is 10.7 Å². The van der Waals surface area contributed by atoms with E-state index in [0.29, 0.717) is 0 Å². The summed E-state index contributed by atoms with van der Waals surface area (Å²) in [6.07, 6.45) is 2.97. The van der Waals surface area contributed by atoms with Crippen molar-refractivity contribution in [2.75, 3.05) is 13.3 Å². The van der Waals surface area contributed by atoms with Crippen LogP contribution in [0.1, 0.15) is 45.5 Å². The molecular weight excluding hydrogens is 330 g/mol. The van der Waals surface area contributed by atoms with Crippen LogP contribution in [-0.4, -0.2) is 36.2 Å². The molecule has 1 aromatic heterocycles.